The van der Waals surface area contributed by atoms with E-state index in [1.54, 1.807) is 7.11 Å². The Morgan fingerprint density at radius 3 is 2.68 bits per heavy atom. The second kappa shape index (κ2) is 8.30. The lowest BCUT2D eigenvalue weighted by atomic mass is 9.96. The van der Waals surface area contributed by atoms with Gasteiger partial charge in [0.15, 0.2) is 0 Å². The number of carbonyl (C=O) groups excluding carboxylic acids is 1. The van der Waals surface area contributed by atoms with E-state index in [9.17, 15) is 4.79 Å². The summed E-state index contributed by atoms with van der Waals surface area (Å²) in [4.78, 5) is 17.1. The van der Waals surface area contributed by atoms with Crippen molar-refractivity contribution in [2.45, 2.75) is 31.2 Å². The van der Waals surface area contributed by atoms with E-state index in [1.165, 1.54) is 18.4 Å². The Bertz CT molecular complexity index is 559. The van der Waals surface area contributed by atoms with Crippen molar-refractivity contribution >= 4 is 5.91 Å². The van der Waals surface area contributed by atoms with E-state index < -0.39 is 0 Å². The van der Waals surface area contributed by atoms with Gasteiger partial charge < -0.3 is 10.1 Å². The monoisotopic (exact) mass is 345 g/mol. The number of nitrogens with zero attached hydrogens (tertiary/aromatic N) is 2. The molecule has 138 valence electrons. The standard InChI is InChI=1S/C20H31N3O2/c1-17-14-22(10-11-23(17)12-13-25-2)15-19(24)21-16-20(8-9-20)18-6-4-3-5-7-18/h3-7,17H,8-16H2,1-2H3,(H,21,24)/t17-/m1/s1. The van der Waals surface area contributed by atoms with Gasteiger partial charge in [0.05, 0.1) is 13.2 Å². The van der Waals surface area contributed by atoms with Crippen LogP contribution >= 0.6 is 0 Å². The van der Waals surface area contributed by atoms with Gasteiger partial charge in [-0.15, -0.1) is 0 Å². The molecule has 1 saturated carbocycles. The fourth-order valence-electron chi connectivity index (χ4n) is 3.79. The summed E-state index contributed by atoms with van der Waals surface area (Å²) >= 11 is 0. The lowest BCUT2D eigenvalue weighted by molar-refractivity contribution is -0.123. The molecule has 0 unspecified atom stereocenters. The van der Waals surface area contributed by atoms with E-state index in [4.69, 9.17) is 4.74 Å². The molecule has 0 spiro atoms. The highest BCUT2D eigenvalue weighted by Crippen LogP contribution is 2.47. The van der Waals surface area contributed by atoms with Crippen molar-refractivity contribution < 1.29 is 9.53 Å². The zero-order valence-electron chi connectivity index (χ0n) is 15.5. The van der Waals surface area contributed by atoms with Crippen LogP contribution in [-0.4, -0.2) is 74.7 Å². The molecule has 0 bridgehead atoms. The summed E-state index contributed by atoms with van der Waals surface area (Å²) < 4.78 is 5.17. The van der Waals surface area contributed by atoms with Gasteiger partial charge in [-0.25, -0.2) is 0 Å². The van der Waals surface area contributed by atoms with E-state index in [2.05, 4.69) is 46.3 Å². The van der Waals surface area contributed by atoms with Gasteiger partial charge in [-0.2, -0.15) is 0 Å². The molecule has 25 heavy (non-hydrogen) atoms. The second-order valence-corrected chi connectivity index (χ2v) is 7.54. The predicted molar refractivity (Wildman–Crippen MR) is 99.7 cm³/mol. The molecule has 1 atom stereocenters. The third kappa shape index (κ3) is 4.81. The molecule has 1 aromatic carbocycles. The third-order valence-corrected chi connectivity index (χ3v) is 5.66. The molecular weight excluding hydrogens is 314 g/mol. The summed E-state index contributed by atoms with van der Waals surface area (Å²) in [6.45, 7) is 8.14. The van der Waals surface area contributed by atoms with Crippen LogP contribution in [0.5, 0.6) is 0 Å². The zero-order valence-corrected chi connectivity index (χ0v) is 15.5. The number of nitrogens with one attached hydrogen (secondary N) is 1. The van der Waals surface area contributed by atoms with Gasteiger partial charge in [-0.1, -0.05) is 30.3 Å². The molecule has 1 N–H and O–H groups in total. The van der Waals surface area contributed by atoms with Crippen molar-refractivity contribution in [1.82, 2.24) is 15.1 Å². The Kier molecular flexibility index (Phi) is 6.10. The molecule has 0 radical (unpaired) electrons. The largest absolute Gasteiger partial charge is 0.383 e. The number of hydrogen-bond acceptors (Lipinski definition) is 4. The Morgan fingerprint density at radius 2 is 2.04 bits per heavy atom. The normalized spacial score (nSPS) is 23.4. The number of methoxy groups -OCH3 is 1. The Morgan fingerprint density at radius 1 is 1.28 bits per heavy atom. The minimum absolute atomic E-state index is 0.153. The van der Waals surface area contributed by atoms with Crippen LogP contribution in [0.1, 0.15) is 25.3 Å². The predicted octanol–water partition coefficient (Wildman–Crippen LogP) is 1.49. The SMILES string of the molecule is COCCN1CCN(CC(=O)NCC2(c3ccccc3)CC2)C[C@H]1C. The number of carbonyl (C=O) groups is 1. The number of piperazine rings is 1. The molecule has 2 fully saturated rings. The highest BCUT2D eigenvalue weighted by molar-refractivity contribution is 5.78. The maximum atomic E-state index is 12.4. The number of rotatable bonds is 8. The van der Waals surface area contributed by atoms with Crippen molar-refractivity contribution in [3.63, 3.8) is 0 Å². The molecule has 2 aliphatic rings. The molecule has 0 aromatic heterocycles. The number of amides is 1. The van der Waals surface area contributed by atoms with E-state index in [1.807, 2.05) is 6.07 Å². The molecule has 1 amide bonds. The van der Waals surface area contributed by atoms with Crippen molar-refractivity contribution in [2.24, 2.45) is 0 Å². The molecule has 5 heteroatoms. The Labute approximate surface area is 151 Å². The topological polar surface area (TPSA) is 44.8 Å². The molecular formula is C20H31N3O2. The van der Waals surface area contributed by atoms with Crippen LogP contribution in [0.25, 0.3) is 0 Å². The molecule has 1 aromatic rings. The van der Waals surface area contributed by atoms with Crippen LogP contribution in [-0.2, 0) is 14.9 Å². The molecule has 1 saturated heterocycles. The average molecular weight is 345 g/mol. The first-order valence-corrected chi connectivity index (χ1v) is 9.40. The van der Waals surface area contributed by atoms with E-state index in [0.29, 0.717) is 12.6 Å². The van der Waals surface area contributed by atoms with Crippen molar-refractivity contribution in [2.75, 3.05) is 53.0 Å². The van der Waals surface area contributed by atoms with Crippen LogP contribution in [0, 0.1) is 0 Å². The number of hydrogen-bond donors (Lipinski definition) is 1. The minimum Gasteiger partial charge on any atom is -0.383 e. The third-order valence-electron chi connectivity index (χ3n) is 5.66. The summed E-state index contributed by atoms with van der Waals surface area (Å²) in [6.07, 6.45) is 2.35. The van der Waals surface area contributed by atoms with Crippen LogP contribution in [0.3, 0.4) is 0 Å². The van der Waals surface area contributed by atoms with Crippen LogP contribution in [0.4, 0.5) is 0 Å². The van der Waals surface area contributed by atoms with Gasteiger partial charge in [0.2, 0.25) is 5.91 Å². The van der Waals surface area contributed by atoms with Gasteiger partial charge in [0, 0.05) is 51.3 Å². The highest BCUT2D eigenvalue weighted by atomic mass is 16.5. The summed E-state index contributed by atoms with van der Waals surface area (Å²) in [7, 11) is 1.74. The number of benzene rings is 1. The van der Waals surface area contributed by atoms with Crippen LogP contribution in [0.15, 0.2) is 30.3 Å². The van der Waals surface area contributed by atoms with Crippen LogP contribution in [0.2, 0.25) is 0 Å². The molecule has 1 heterocycles. The van der Waals surface area contributed by atoms with Crippen molar-refractivity contribution in [1.29, 1.82) is 0 Å². The van der Waals surface area contributed by atoms with E-state index in [-0.39, 0.29) is 11.3 Å². The Hall–Kier alpha value is -1.43. The average Bonchev–Trinajstić information content (AvgIpc) is 3.41. The lowest BCUT2D eigenvalue weighted by Gasteiger charge is -2.39. The Balaban J connectivity index is 1.42. The maximum Gasteiger partial charge on any atom is 0.234 e. The van der Waals surface area contributed by atoms with Gasteiger partial charge in [0.1, 0.15) is 0 Å². The summed E-state index contributed by atoms with van der Waals surface area (Å²) in [5.41, 5.74) is 1.54. The molecule has 1 aliphatic carbocycles. The first-order chi connectivity index (χ1) is 12.1. The van der Waals surface area contributed by atoms with Crippen LogP contribution < -0.4 is 5.32 Å². The lowest BCUT2D eigenvalue weighted by Crippen LogP contribution is -2.54. The molecule has 5 nitrogen and oxygen atoms in total. The highest BCUT2D eigenvalue weighted by Gasteiger charge is 2.44. The fraction of sp³-hybridized carbons (Fsp3) is 0.650. The maximum absolute atomic E-state index is 12.4. The van der Waals surface area contributed by atoms with Gasteiger partial charge in [-0.05, 0) is 25.3 Å². The number of ether oxygens (including phenoxy) is 1. The molecule has 3 rings (SSSR count). The minimum atomic E-state index is 0.153. The summed E-state index contributed by atoms with van der Waals surface area (Å²) in [5, 5.41) is 3.18. The van der Waals surface area contributed by atoms with Crippen molar-refractivity contribution in [3.05, 3.63) is 35.9 Å². The van der Waals surface area contributed by atoms with Gasteiger partial charge in [0.25, 0.3) is 0 Å². The quantitative estimate of drug-likeness (QED) is 0.775. The summed E-state index contributed by atoms with van der Waals surface area (Å²) in [5.74, 6) is 0.153. The molecule has 1 aliphatic heterocycles. The smallest absolute Gasteiger partial charge is 0.234 e. The van der Waals surface area contributed by atoms with Crippen molar-refractivity contribution in [3.8, 4) is 0 Å². The first kappa shape index (κ1) is 18.4. The zero-order chi connectivity index (χ0) is 17.7. The summed E-state index contributed by atoms with van der Waals surface area (Å²) in [6, 6.07) is 11.0. The van der Waals surface area contributed by atoms with E-state index in [0.717, 1.165) is 39.3 Å². The second-order valence-electron chi connectivity index (χ2n) is 7.54. The first-order valence-electron chi connectivity index (χ1n) is 9.40. The van der Waals surface area contributed by atoms with Gasteiger partial charge in [-0.3, -0.25) is 14.6 Å². The fourth-order valence-corrected chi connectivity index (χ4v) is 3.79. The van der Waals surface area contributed by atoms with E-state index >= 15 is 0 Å². The van der Waals surface area contributed by atoms with Gasteiger partial charge >= 0.3 is 0 Å².